The van der Waals surface area contributed by atoms with E-state index in [0.29, 0.717) is 0 Å². The van der Waals surface area contributed by atoms with Crippen LogP contribution in [0.4, 0.5) is 0 Å². The van der Waals surface area contributed by atoms with Gasteiger partial charge in [-0.3, -0.25) is 0 Å². The predicted molar refractivity (Wildman–Crippen MR) is 57.4 cm³/mol. The summed E-state index contributed by atoms with van der Waals surface area (Å²) in [5.74, 6) is 0. The zero-order valence-corrected chi connectivity index (χ0v) is 9.35. The summed E-state index contributed by atoms with van der Waals surface area (Å²) in [7, 11) is 0. The molecule has 0 spiro atoms. The summed E-state index contributed by atoms with van der Waals surface area (Å²) in [6.45, 7) is 2.17. The highest BCUT2D eigenvalue weighted by Crippen LogP contribution is 2.33. The van der Waals surface area contributed by atoms with Gasteiger partial charge in [-0.15, -0.1) is 22.9 Å². The zero-order valence-electron chi connectivity index (χ0n) is 7.02. The molecule has 0 saturated carbocycles. The monoisotopic (exact) mass is 222 g/mol. The van der Waals surface area contributed by atoms with Crippen molar-refractivity contribution in [2.75, 3.05) is 0 Å². The van der Waals surface area contributed by atoms with Crippen molar-refractivity contribution in [3.05, 3.63) is 21.3 Å². The molecule has 0 saturated heterocycles. The Bertz CT molecular complexity index is 232. The molecule has 0 amide bonds. The molecule has 0 nitrogen and oxygen atoms in total. The Hall–Kier alpha value is 0.280. The first-order valence-electron chi connectivity index (χ1n) is 4.13. The van der Waals surface area contributed by atoms with Crippen LogP contribution in [0.15, 0.2) is 12.1 Å². The maximum atomic E-state index is 6.15. The second kappa shape index (κ2) is 5.11. The van der Waals surface area contributed by atoms with Crippen LogP contribution in [0, 0.1) is 0 Å². The Labute approximate surface area is 87.5 Å². The maximum Gasteiger partial charge on any atom is 0.0931 e. The lowest BCUT2D eigenvalue weighted by Gasteiger charge is -2.04. The third-order valence-electron chi connectivity index (χ3n) is 1.71. The smallest absolute Gasteiger partial charge is 0.0931 e. The van der Waals surface area contributed by atoms with E-state index in [0.717, 1.165) is 10.8 Å². The molecule has 0 fully saturated rings. The summed E-state index contributed by atoms with van der Waals surface area (Å²) in [5, 5.41) is 0.155. The third kappa shape index (κ3) is 2.96. The van der Waals surface area contributed by atoms with Crippen molar-refractivity contribution in [2.45, 2.75) is 31.6 Å². The van der Waals surface area contributed by atoms with Crippen LogP contribution in [-0.4, -0.2) is 0 Å². The number of unbranched alkanes of at least 4 members (excludes halogenated alkanes) is 1. The molecule has 0 N–H and O–H groups in total. The van der Waals surface area contributed by atoms with Crippen LogP contribution in [-0.2, 0) is 0 Å². The van der Waals surface area contributed by atoms with Crippen LogP contribution in [0.5, 0.6) is 0 Å². The molecular weight excluding hydrogens is 211 g/mol. The van der Waals surface area contributed by atoms with E-state index in [1.807, 2.05) is 12.1 Å². The Morgan fingerprint density at radius 1 is 1.50 bits per heavy atom. The molecule has 1 unspecified atom stereocenters. The van der Waals surface area contributed by atoms with E-state index in [9.17, 15) is 0 Å². The minimum atomic E-state index is 0.155. The molecular formula is C9H12Cl2S. The highest BCUT2D eigenvalue weighted by atomic mass is 35.5. The van der Waals surface area contributed by atoms with Gasteiger partial charge >= 0.3 is 0 Å². The molecule has 3 heteroatoms. The Morgan fingerprint density at radius 2 is 2.25 bits per heavy atom. The summed E-state index contributed by atoms with van der Waals surface area (Å²) in [6.07, 6.45) is 3.43. The van der Waals surface area contributed by atoms with Gasteiger partial charge in [0.25, 0.3) is 0 Å². The van der Waals surface area contributed by atoms with Crippen molar-refractivity contribution in [3.63, 3.8) is 0 Å². The van der Waals surface area contributed by atoms with Crippen molar-refractivity contribution < 1.29 is 0 Å². The van der Waals surface area contributed by atoms with Gasteiger partial charge in [0.15, 0.2) is 0 Å². The number of halogens is 2. The van der Waals surface area contributed by atoms with Gasteiger partial charge < -0.3 is 0 Å². The minimum Gasteiger partial charge on any atom is -0.127 e. The van der Waals surface area contributed by atoms with Crippen molar-refractivity contribution in [1.29, 1.82) is 0 Å². The number of alkyl halides is 1. The molecule has 1 rings (SSSR count). The number of hydrogen-bond donors (Lipinski definition) is 0. The van der Waals surface area contributed by atoms with E-state index >= 15 is 0 Å². The van der Waals surface area contributed by atoms with Crippen LogP contribution in [0.3, 0.4) is 0 Å². The van der Waals surface area contributed by atoms with Crippen molar-refractivity contribution in [2.24, 2.45) is 0 Å². The Kier molecular flexibility index (Phi) is 4.41. The fourth-order valence-electron chi connectivity index (χ4n) is 1.02. The van der Waals surface area contributed by atoms with Crippen LogP contribution in [0.1, 0.15) is 36.4 Å². The molecule has 12 heavy (non-hydrogen) atoms. The molecule has 1 aromatic rings. The summed E-state index contributed by atoms with van der Waals surface area (Å²) in [5.41, 5.74) is 0. The molecule has 1 heterocycles. The standard InChI is InChI=1S/C9H12Cl2S/c1-2-3-4-7(10)8-5-6-9(11)12-8/h5-7H,2-4H2,1H3. The molecule has 0 aromatic carbocycles. The van der Waals surface area contributed by atoms with Gasteiger partial charge in [0.05, 0.1) is 9.71 Å². The third-order valence-corrected chi connectivity index (χ3v) is 3.64. The molecule has 0 aliphatic carbocycles. The summed E-state index contributed by atoms with van der Waals surface area (Å²) in [4.78, 5) is 1.19. The summed E-state index contributed by atoms with van der Waals surface area (Å²) >= 11 is 13.5. The predicted octanol–water partition coefficient (Wildman–Crippen LogP) is 4.87. The molecule has 68 valence electrons. The lowest BCUT2D eigenvalue weighted by Crippen LogP contribution is -1.85. The minimum absolute atomic E-state index is 0.155. The van der Waals surface area contributed by atoms with E-state index in [1.54, 1.807) is 11.3 Å². The molecule has 1 atom stereocenters. The van der Waals surface area contributed by atoms with Gasteiger partial charge in [-0.25, -0.2) is 0 Å². The fraction of sp³-hybridized carbons (Fsp3) is 0.556. The fourth-order valence-corrected chi connectivity index (χ4v) is 2.46. The zero-order chi connectivity index (χ0) is 8.97. The number of rotatable bonds is 4. The first-order valence-corrected chi connectivity index (χ1v) is 5.76. The number of thiophene rings is 1. The Balaban J connectivity index is 2.47. The second-order valence-corrected chi connectivity index (χ2v) is 5.03. The van der Waals surface area contributed by atoms with Crippen LogP contribution in [0.2, 0.25) is 4.34 Å². The molecule has 0 aliphatic heterocycles. The normalized spacial score (nSPS) is 13.2. The van der Waals surface area contributed by atoms with Gasteiger partial charge in [0.1, 0.15) is 0 Å². The van der Waals surface area contributed by atoms with E-state index in [2.05, 4.69) is 6.92 Å². The summed E-state index contributed by atoms with van der Waals surface area (Å²) < 4.78 is 0.826. The highest BCUT2D eigenvalue weighted by Gasteiger charge is 2.09. The van der Waals surface area contributed by atoms with Crippen molar-refractivity contribution in [3.8, 4) is 0 Å². The molecule has 0 radical (unpaired) electrons. The van der Waals surface area contributed by atoms with E-state index in [4.69, 9.17) is 23.2 Å². The van der Waals surface area contributed by atoms with Crippen LogP contribution >= 0.6 is 34.5 Å². The highest BCUT2D eigenvalue weighted by molar-refractivity contribution is 7.16. The topological polar surface area (TPSA) is 0 Å². The molecule has 1 aromatic heterocycles. The maximum absolute atomic E-state index is 6.15. The quantitative estimate of drug-likeness (QED) is 0.638. The van der Waals surface area contributed by atoms with Crippen LogP contribution in [0.25, 0.3) is 0 Å². The van der Waals surface area contributed by atoms with Gasteiger partial charge in [0.2, 0.25) is 0 Å². The van der Waals surface area contributed by atoms with E-state index in [-0.39, 0.29) is 5.38 Å². The van der Waals surface area contributed by atoms with E-state index in [1.165, 1.54) is 17.7 Å². The largest absolute Gasteiger partial charge is 0.127 e. The first kappa shape index (κ1) is 10.4. The van der Waals surface area contributed by atoms with Gasteiger partial charge in [0, 0.05) is 4.88 Å². The lowest BCUT2D eigenvalue weighted by atomic mass is 10.2. The van der Waals surface area contributed by atoms with Gasteiger partial charge in [-0.05, 0) is 18.6 Å². The van der Waals surface area contributed by atoms with E-state index < -0.39 is 0 Å². The molecule has 0 aliphatic rings. The first-order chi connectivity index (χ1) is 5.74. The molecule has 0 bridgehead atoms. The summed E-state index contributed by atoms with van der Waals surface area (Å²) in [6, 6.07) is 3.92. The van der Waals surface area contributed by atoms with Crippen molar-refractivity contribution >= 4 is 34.5 Å². The van der Waals surface area contributed by atoms with Gasteiger partial charge in [-0.2, -0.15) is 0 Å². The lowest BCUT2D eigenvalue weighted by molar-refractivity contribution is 0.707. The van der Waals surface area contributed by atoms with Gasteiger partial charge in [-0.1, -0.05) is 31.4 Å². The SMILES string of the molecule is CCCCC(Cl)c1ccc(Cl)s1. The second-order valence-electron chi connectivity index (χ2n) is 2.75. The average Bonchev–Trinajstić information content (AvgIpc) is 2.47. The van der Waals surface area contributed by atoms with Crippen LogP contribution < -0.4 is 0 Å². The number of hydrogen-bond acceptors (Lipinski definition) is 1. The Morgan fingerprint density at radius 3 is 2.75 bits per heavy atom. The van der Waals surface area contributed by atoms with Crippen molar-refractivity contribution in [1.82, 2.24) is 0 Å². The average molecular weight is 223 g/mol.